The van der Waals surface area contributed by atoms with Crippen LogP contribution in [0.4, 0.5) is 0 Å². The highest BCUT2D eigenvalue weighted by molar-refractivity contribution is 5.30. The Morgan fingerprint density at radius 1 is 1.31 bits per heavy atom. The van der Waals surface area contributed by atoms with Crippen LogP contribution in [0, 0.1) is 13.8 Å². The van der Waals surface area contributed by atoms with E-state index < -0.39 is 0 Å². The van der Waals surface area contributed by atoms with Gasteiger partial charge in [-0.05, 0) is 44.7 Å². The molecule has 0 bridgehead atoms. The van der Waals surface area contributed by atoms with Gasteiger partial charge in [0.2, 0.25) is 0 Å². The molecular formula is C14H23NO. The highest BCUT2D eigenvalue weighted by Crippen LogP contribution is 2.10. The maximum atomic E-state index is 8.75. The molecule has 1 rings (SSSR count). The summed E-state index contributed by atoms with van der Waals surface area (Å²) in [5.41, 5.74) is 4.03. The molecule has 0 spiro atoms. The largest absolute Gasteiger partial charge is 0.396 e. The second-order valence-corrected chi connectivity index (χ2v) is 4.58. The summed E-state index contributed by atoms with van der Waals surface area (Å²) in [4.78, 5) is 0. The van der Waals surface area contributed by atoms with Crippen molar-refractivity contribution in [2.24, 2.45) is 0 Å². The number of aryl methyl sites for hydroxylation is 2. The number of benzene rings is 1. The average Bonchev–Trinajstić information content (AvgIpc) is 2.25. The molecule has 0 saturated carbocycles. The highest BCUT2D eigenvalue weighted by atomic mass is 16.2. The number of hydrogen-bond donors (Lipinski definition) is 2. The minimum atomic E-state index is 0.287. The number of aliphatic hydroxyl groups is 1. The summed E-state index contributed by atoms with van der Waals surface area (Å²) in [6, 6.07) is 7.03. The van der Waals surface area contributed by atoms with Gasteiger partial charge in [-0.1, -0.05) is 23.8 Å². The molecule has 0 aliphatic carbocycles. The molecule has 0 fully saturated rings. The van der Waals surface area contributed by atoms with Gasteiger partial charge in [0.25, 0.3) is 0 Å². The summed E-state index contributed by atoms with van der Waals surface area (Å²) in [6.07, 6.45) is 1.91. The van der Waals surface area contributed by atoms with Gasteiger partial charge in [0.1, 0.15) is 0 Å². The van der Waals surface area contributed by atoms with Crippen molar-refractivity contribution in [1.29, 1.82) is 0 Å². The third kappa shape index (κ3) is 4.33. The zero-order valence-electron chi connectivity index (χ0n) is 10.6. The average molecular weight is 221 g/mol. The van der Waals surface area contributed by atoms with Crippen molar-refractivity contribution in [2.45, 2.75) is 46.2 Å². The summed E-state index contributed by atoms with van der Waals surface area (Å²) in [7, 11) is 0. The van der Waals surface area contributed by atoms with Crippen molar-refractivity contribution < 1.29 is 5.11 Å². The first-order valence-electron chi connectivity index (χ1n) is 6.04. The van der Waals surface area contributed by atoms with E-state index in [2.05, 4.69) is 44.3 Å². The molecule has 0 aliphatic heterocycles. The molecule has 0 radical (unpaired) electrons. The van der Waals surface area contributed by atoms with E-state index >= 15 is 0 Å². The Labute approximate surface area is 98.7 Å². The summed E-state index contributed by atoms with van der Waals surface area (Å²) < 4.78 is 0. The van der Waals surface area contributed by atoms with Gasteiger partial charge < -0.3 is 10.4 Å². The van der Waals surface area contributed by atoms with Crippen molar-refractivity contribution in [1.82, 2.24) is 5.32 Å². The van der Waals surface area contributed by atoms with E-state index in [0.717, 1.165) is 19.4 Å². The SMILES string of the molecule is Cc1ccc(CNC(C)CCCO)c(C)c1. The molecule has 1 aromatic carbocycles. The second kappa shape index (κ2) is 6.66. The molecule has 1 aromatic rings. The maximum absolute atomic E-state index is 8.75. The van der Waals surface area contributed by atoms with E-state index in [4.69, 9.17) is 5.11 Å². The van der Waals surface area contributed by atoms with Gasteiger partial charge >= 0.3 is 0 Å². The van der Waals surface area contributed by atoms with Crippen LogP contribution < -0.4 is 5.32 Å². The van der Waals surface area contributed by atoms with Crippen molar-refractivity contribution >= 4 is 0 Å². The molecule has 0 heterocycles. The molecular weight excluding hydrogens is 198 g/mol. The van der Waals surface area contributed by atoms with Crippen molar-refractivity contribution in [3.05, 3.63) is 34.9 Å². The van der Waals surface area contributed by atoms with Gasteiger partial charge in [-0.25, -0.2) is 0 Å². The fraction of sp³-hybridized carbons (Fsp3) is 0.571. The molecule has 0 saturated heterocycles. The summed E-state index contributed by atoms with van der Waals surface area (Å²) >= 11 is 0. The van der Waals surface area contributed by atoms with Crippen LogP contribution in [0.5, 0.6) is 0 Å². The smallest absolute Gasteiger partial charge is 0.0431 e. The molecule has 0 aliphatic rings. The fourth-order valence-corrected chi connectivity index (χ4v) is 1.83. The van der Waals surface area contributed by atoms with Crippen LogP contribution in [0.3, 0.4) is 0 Å². The standard InChI is InChI=1S/C14H23NO/c1-11-6-7-14(12(2)9-11)10-15-13(3)5-4-8-16/h6-7,9,13,15-16H,4-5,8,10H2,1-3H3. The van der Waals surface area contributed by atoms with Crippen LogP contribution in [0.1, 0.15) is 36.5 Å². The predicted molar refractivity (Wildman–Crippen MR) is 68.5 cm³/mol. The zero-order valence-corrected chi connectivity index (χ0v) is 10.6. The van der Waals surface area contributed by atoms with Gasteiger partial charge in [-0.2, -0.15) is 0 Å². The Morgan fingerprint density at radius 3 is 2.69 bits per heavy atom. The van der Waals surface area contributed by atoms with E-state index in [9.17, 15) is 0 Å². The van der Waals surface area contributed by atoms with E-state index in [1.807, 2.05) is 0 Å². The molecule has 0 amide bonds. The highest BCUT2D eigenvalue weighted by Gasteiger charge is 2.02. The molecule has 1 atom stereocenters. The van der Waals surface area contributed by atoms with Crippen LogP contribution in [0.2, 0.25) is 0 Å². The number of nitrogens with one attached hydrogen (secondary N) is 1. The van der Waals surface area contributed by atoms with Gasteiger partial charge in [0, 0.05) is 19.2 Å². The van der Waals surface area contributed by atoms with Crippen LogP contribution >= 0.6 is 0 Å². The second-order valence-electron chi connectivity index (χ2n) is 4.58. The number of rotatable bonds is 6. The lowest BCUT2D eigenvalue weighted by Crippen LogP contribution is -2.25. The van der Waals surface area contributed by atoms with Crippen molar-refractivity contribution in [3.8, 4) is 0 Å². The monoisotopic (exact) mass is 221 g/mol. The lowest BCUT2D eigenvalue weighted by Gasteiger charge is -2.14. The van der Waals surface area contributed by atoms with E-state index in [1.165, 1.54) is 16.7 Å². The quantitative estimate of drug-likeness (QED) is 0.773. The van der Waals surface area contributed by atoms with Crippen LogP contribution in [0.15, 0.2) is 18.2 Å². The summed E-state index contributed by atoms with van der Waals surface area (Å²) in [5, 5.41) is 12.2. The van der Waals surface area contributed by atoms with Gasteiger partial charge in [-0.15, -0.1) is 0 Å². The summed E-state index contributed by atoms with van der Waals surface area (Å²) in [6.45, 7) is 7.64. The molecule has 2 N–H and O–H groups in total. The molecule has 0 aromatic heterocycles. The van der Waals surface area contributed by atoms with Gasteiger partial charge in [0.05, 0.1) is 0 Å². The van der Waals surface area contributed by atoms with E-state index in [0.29, 0.717) is 6.04 Å². The van der Waals surface area contributed by atoms with Crippen molar-refractivity contribution in [2.75, 3.05) is 6.61 Å². The first kappa shape index (κ1) is 13.2. The zero-order chi connectivity index (χ0) is 12.0. The lowest BCUT2D eigenvalue weighted by molar-refractivity contribution is 0.276. The fourth-order valence-electron chi connectivity index (χ4n) is 1.83. The Bertz CT molecular complexity index is 323. The first-order chi connectivity index (χ1) is 7.63. The number of aliphatic hydroxyl groups excluding tert-OH is 1. The third-order valence-corrected chi connectivity index (χ3v) is 2.93. The Balaban J connectivity index is 2.42. The topological polar surface area (TPSA) is 32.3 Å². The summed E-state index contributed by atoms with van der Waals surface area (Å²) in [5.74, 6) is 0. The van der Waals surface area contributed by atoms with Gasteiger partial charge in [0.15, 0.2) is 0 Å². The third-order valence-electron chi connectivity index (χ3n) is 2.93. The van der Waals surface area contributed by atoms with Crippen LogP contribution in [-0.4, -0.2) is 17.8 Å². The molecule has 2 heteroatoms. The van der Waals surface area contributed by atoms with Crippen molar-refractivity contribution in [3.63, 3.8) is 0 Å². The predicted octanol–water partition coefficient (Wildman–Crippen LogP) is 2.55. The number of hydrogen-bond acceptors (Lipinski definition) is 2. The van der Waals surface area contributed by atoms with Gasteiger partial charge in [-0.3, -0.25) is 0 Å². The normalized spacial score (nSPS) is 12.8. The van der Waals surface area contributed by atoms with Crippen LogP contribution in [0.25, 0.3) is 0 Å². The Kier molecular flexibility index (Phi) is 5.50. The Morgan fingerprint density at radius 2 is 2.06 bits per heavy atom. The maximum Gasteiger partial charge on any atom is 0.0431 e. The van der Waals surface area contributed by atoms with E-state index in [-0.39, 0.29) is 6.61 Å². The van der Waals surface area contributed by atoms with Crippen LogP contribution in [-0.2, 0) is 6.54 Å². The molecule has 2 nitrogen and oxygen atoms in total. The minimum Gasteiger partial charge on any atom is -0.396 e. The first-order valence-corrected chi connectivity index (χ1v) is 6.04. The molecule has 1 unspecified atom stereocenters. The minimum absolute atomic E-state index is 0.287. The molecule has 90 valence electrons. The Hall–Kier alpha value is -0.860. The molecule has 16 heavy (non-hydrogen) atoms. The van der Waals surface area contributed by atoms with E-state index in [1.54, 1.807) is 0 Å². The lowest BCUT2D eigenvalue weighted by atomic mass is 10.1.